The van der Waals surface area contributed by atoms with Gasteiger partial charge in [-0.2, -0.15) is 0 Å². The third-order valence-corrected chi connectivity index (χ3v) is 7.09. The lowest BCUT2D eigenvalue weighted by Gasteiger charge is -2.08. The van der Waals surface area contributed by atoms with Crippen molar-refractivity contribution in [2.75, 3.05) is 14.2 Å². The number of fused-ring (bicyclic) bond motifs is 6. The van der Waals surface area contributed by atoms with Gasteiger partial charge in [0.15, 0.2) is 10.3 Å². The molecule has 0 radical (unpaired) electrons. The minimum Gasteiger partial charge on any atom is -0.497 e. The average molecular weight is 557 g/mol. The van der Waals surface area contributed by atoms with Gasteiger partial charge >= 0.3 is 0 Å². The second-order valence-corrected chi connectivity index (χ2v) is 9.46. The third-order valence-electron chi connectivity index (χ3n) is 6.52. The van der Waals surface area contributed by atoms with Crippen LogP contribution in [0.3, 0.4) is 0 Å². The molecule has 0 bridgehead atoms. The molecule has 7 aromatic rings. The average Bonchev–Trinajstić information content (AvgIpc) is 3.50. The van der Waals surface area contributed by atoms with Crippen LogP contribution in [0.5, 0.6) is 11.5 Å². The summed E-state index contributed by atoms with van der Waals surface area (Å²) in [7, 11) is 3.30. The number of hydrogen-bond donors (Lipinski definition) is 1. The predicted molar refractivity (Wildman–Crippen MR) is 155 cm³/mol. The molecule has 0 amide bonds. The molecule has 4 aromatic heterocycles. The van der Waals surface area contributed by atoms with Gasteiger partial charge in [0.25, 0.3) is 0 Å². The van der Waals surface area contributed by atoms with Crippen molar-refractivity contribution in [1.29, 1.82) is 0 Å². The summed E-state index contributed by atoms with van der Waals surface area (Å²) in [5, 5.41) is 2.89. The van der Waals surface area contributed by atoms with Crippen LogP contribution in [-0.4, -0.2) is 43.7 Å². The zero-order chi connectivity index (χ0) is 26.9. The van der Waals surface area contributed by atoms with Gasteiger partial charge in [-0.05, 0) is 42.0 Å². The Morgan fingerprint density at radius 3 is 2.15 bits per heavy atom. The predicted octanol–water partition coefficient (Wildman–Crippen LogP) is 7.07. The molecule has 1 N–H and O–H groups in total. The largest absolute Gasteiger partial charge is 0.497 e. The molecule has 0 aliphatic rings. The molecule has 8 nitrogen and oxygen atoms in total. The first kappa shape index (κ1) is 24.9. The molecular weight excluding hydrogens is 535 g/mol. The van der Waals surface area contributed by atoms with Gasteiger partial charge in [-0.25, -0.2) is 19.9 Å². The highest BCUT2D eigenvalue weighted by molar-refractivity contribution is 6.35. The van der Waals surface area contributed by atoms with Gasteiger partial charge in [0, 0.05) is 22.8 Å². The van der Waals surface area contributed by atoms with Gasteiger partial charge in [-0.1, -0.05) is 53.5 Å². The number of nitrogens with one attached hydrogen (secondary N) is 1. The molecule has 0 saturated carbocycles. The summed E-state index contributed by atoms with van der Waals surface area (Å²) in [5.41, 5.74) is 6.49. The van der Waals surface area contributed by atoms with Crippen molar-refractivity contribution in [3.05, 3.63) is 95.3 Å². The van der Waals surface area contributed by atoms with Crippen LogP contribution in [0, 0.1) is 0 Å². The van der Waals surface area contributed by atoms with E-state index in [-0.39, 0.29) is 0 Å². The highest BCUT2D eigenvalue weighted by Crippen LogP contribution is 2.34. The molecule has 4 heterocycles. The lowest BCUT2D eigenvalue weighted by atomic mass is 10.2. The van der Waals surface area contributed by atoms with Crippen molar-refractivity contribution in [3.63, 3.8) is 0 Å². The minimum atomic E-state index is 0.431. The van der Waals surface area contributed by atoms with E-state index in [0.29, 0.717) is 16.9 Å². The number of halogens is 2. The molecule has 3 aromatic carbocycles. The molecule has 0 atom stereocenters. The first-order valence-corrected chi connectivity index (χ1v) is 12.8. The molecule has 194 valence electrons. The summed E-state index contributed by atoms with van der Waals surface area (Å²) in [6.07, 6.45) is 2.95. The van der Waals surface area contributed by atoms with Crippen LogP contribution in [0.25, 0.3) is 43.9 Å². The Kier molecular flexibility index (Phi) is 6.64. The summed E-state index contributed by atoms with van der Waals surface area (Å²) in [6, 6.07) is 22.0. The van der Waals surface area contributed by atoms with E-state index in [9.17, 15) is 0 Å². The summed E-state index contributed by atoms with van der Waals surface area (Å²) in [4.78, 5) is 19.9. The zero-order valence-corrected chi connectivity index (χ0v) is 22.5. The molecule has 0 aliphatic carbocycles. The Morgan fingerprint density at radius 1 is 0.744 bits per heavy atom. The standard InChI is InChI=1S/C18H14ClN3O.C11H8ClN3O/c1-23-13-7-8-15-14(9-13)16-17(18(19)21-11-20-16)22(15)10-12-5-3-2-4-6-12;1-16-6-2-3-8-7(4-6)9-10(15-8)11(12)14-5-13-9/h2-9,11H,10H2,1H3;2-5,15H,1H3. The lowest BCUT2D eigenvalue weighted by molar-refractivity contribution is 0.415. The van der Waals surface area contributed by atoms with Crippen LogP contribution in [-0.2, 0) is 6.54 Å². The van der Waals surface area contributed by atoms with Crippen molar-refractivity contribution >= 4 is 67.1 Å². The van der Waals surface area contributed by atoms with E-state index in [1.165, 1.54) is 18.2 Å². The number of nitrogens with zero attached hydrogens (tertiary/aromatic N) is 5. The maximum Gasteiger partial charge on any atom is 0.156 e. The van der Waals surface area contributed by atoms with Gasteiger partial charge in [-0.3, -0.25) is 0 Å². The van der Waals surface area contributed by atoms with Crippen LogP contribution in [0.15, 0.2) is 79.4 Å². The fourth-order valence-electron chi connectivity index (χ4n) is 4.68. The Bertz CT molecular complexity index is 1950. The van der Waals surface area contributed by atoms with E-state index in [1.807, 2.05) is 54.6 Å². The third kappa shape index (κ3) is 4.58. The van der Waals surface area contributed by atoms with Gasteiger partial charge in [0.1, 0.15) is 46.2 Å². The Morgan fingerprint density at radius 2 is 1.41 bits per heavy atom. The smallest absolute Gasteiger partial charge is 0.156 e. The summed E-state index contributed by atoms with van der Waals surface area (Å²) in [6.45, 7) is 0.709. The number of rotatable bonds is 4. The maximum atomic E-state index is 6.37. The van der Waals surface area contributed by atoms with Crippen molar-refractivity contribution < 1.29 is 9.47 Å². The number of aromatic nitrogens is 6. The van der Waals surface area contributed by atoms with Gasteiger partial charge < -0.3 is 19.0 Å². The molecule has 0 aliphatic heterocycles. The van der Waals surface area contributed by atoms with Crippen LogP contribution in [0.4, 0.5) is 0 Å². The number of hydrogen-bond acceptors (Lipinski definition) is 6. The molecule has 39 heavy (non-hydrogen) atoms. The molecule has 0 saturated heterocycles. The van der Waals surface area contributed by atoms with Crippen LogP contribution >= 0.6 is 23.2 Å². The Labute approximate surface area is 233 Å². The van der Waals surface area contributed by atoms with E-state index < -0.39 is 0 Å². The van der Waals surface area contributed by atoms with Crippen LogP contribution in [0.2, 0.25) is 10.3 Å². The lowest BCUT2D eigenvalue weighted by Crippen LogP contribution is -2.00. The summed E-state index contributed by atoms with van der Waals surface area (Å²) >= 11 is 12.4. The number of methoxy groups -OCH3 is 2. The van der Waals surface area contributed by atoms with Crippen molar-refractivity contribution in [2.45, 2.75) is 6.54 Å². The topological polar surface area (TPSA) is 90.7 Å². The first-order chi connectivity index (χ1) is 19.1. The highest BCUT2D eigenvalue weighted by Gasteiger charge is 2.16. The molecule has 0 fully saturated rings. The van der Waals surface area contributed by atoms with Gasteiger partial charge in [0.05, 0.1) is 19.7 Å². The Hall–Kier alpha value is -4.40. The van der Waals surface area contributed by atoms with Crippen molar-refractivity contribution in [3.8, 4) is 11.5 Å². The molecule has 0 spiro atoms. The van der Waals surface area contributed by atoms with Gasteiger partial charge in [-0.15, -0.1) is 0 Å². The number of benzene rings is 3. The monoisotopic (exact) mass is 556 g/mol. The fourth-order valence-corrected chi connectivity index (χ4v) is 5.10. The maximum absolute atomic E-state index is 6.37. The van der Waals surface area contributed by atoms with Crippen molar-refractivity contribution in [2.24, 2.45) is 0 Å². The first-order valence-electron chi connectivity index (χ1n) is 12.0. The number of aromatic amines is 1. The number of ether oxygens (including phenoxy) is 2. The van der Waals surface area contributed by atoms with Gasteiger partial charge in [0.2, 0.25) is 0 Å². The minimum absolute atomic E-state index is 0.431. The normalized spacial score (nSPS) is 11.2. The quantitative estimate of drug-likeness (QED) is 0.233. The SMILES string of the molecule is COc1ccc2[nH]c3c(Cl)ncnc3c2c1.COc1ccc2c(c1)c1ncnc(Cl)c1n2Cc1ccccc1. The molecular formula is C29H22Cl2N6O2. The zero-order valence-electron chi connectivity index (χ0n) is 21.0. The van der Waals surface area contributed by atoms with Crippen LogP contribution in [0.1, 0.15) is 5.56 Å². The summed E-state index contributed by atoms with van der Waals surface area (Å²) < 4.78 is 12.7. The second kappa shape index (κ2) is 10.4. The van der Waals surface area contributed by atoms with E-state index in [2.05, 4.69) is 41.6 Å². The molecule has 7 rings (SSSR count). The fraction of sp³-hybridized carbons (Fsp3) is 0.103. The summed E-state index contributed by atoms with van der Waals surface area (Å²) in [5.74, 6) is 1.59. The molecule has 0 unspecified atom stereocenters. The van der Waals surface area contributed by atoms with E-state index in [0.717, 1.165) is 55.4 Å². The number of H-pyrrole nitrogens is 1. The second-order valence-electron chi connectivity index (χ2n) is 8.74. The van der Waals surface area contributed by atoms with E-state index in [1.54, 1.807) is 14.2 Å². The highest BCUT2D eigenvalue weighted by atomic mass is 35.5. The van der Waals surface area contributed by atoms with Crippen molar-refractivity contribution in [1.82, 2.24) is 29.5 Å². The molecule has 10 heteroatoms. The van der Waals surface area contributed by atoms with E-state index in [4.69, 9.17) is 32.7 Å². The van der Waals surface area contributed by atoms with E-state index >= 15 is 0 Å². The Balaban J connectivity index is 0.000000151. The van der Waals surface area contributed by atoms with Crippen LogP contribution < -0.4 is 9.47 Å².